The Hall–Kier alpha value is -3.25. The number of ether oxygens (including phenoxy) is 1. The van der Waals surface area contributed by atoms with Gasteiger partial charge in [0.15, 0.2) is 0 Å². The maximum Gasteiger partial charge on any atom is 0.282 e. The van der Waals surface area contributed by atoms with Gasteiger partial charge in [-0.15, -0.1) is 0 Å². The molecule has 1 heterocycles. The van der Waals surface area contributed by atoms with Gasteiger partial charge in [0.05, 0.1) is 29.7 Å². The van der Waals surface area contributed by atoms with Crippen molar-refractivity contribution in [3.63, 3.8) is 0 Å². The van der Waals surface area contributed by atoms with E-state index in [1.165, 1.54) is 5.56 Å². The maximum absolute atomic E-state index is 13.1. The predicted octanol–water partition coefficient (Wildman–Crippen LogP) is 3.65. The van der Waals surface area contributed by atoms with Crippen LogP contribution in [0.5, 0.6) is 5.75 Å². The molecule has 0 N–H and O–H groups in total. The van der Waals surface area contributed by atoms with Gasteiger partial charge in [0.25, 0.3) is 5.69 Å². The highest BCUT2D eigenvalue weighted by Crippen LogP contribution is 2.46. The van der Waals surface area contributed by atoms with Crippen LogP contribution in [0.3, 0.4) is 0 Å². The van der Waals surface area contributed by atoms with E-state index in [-0.39, 0.29) is 10.3 Å². The van der Waals surface area contributed by atoms with Crippen LogP contribution in [0.15, 0.2) is 72.8 Å². The van der Waals surface area contributed by atoms with E-state index in [1.54, 1.807) is 30.3 Å². The van der Waals surface area contributed by atoms with Gasteiger partial charge in [-0.1, -0.05) is 48.5 Å². The van der Waals surface area contributed by atoms with Crippen molar-refractivity contribution in [2.75, 3.05) is 22.9 Å². The molecular formula is C23H25N2O9PS2. The topological polar surface area (TPSA) is 150 Å². The molecule has 1 aliphatic heterocycles. The predicted molar refractivity (Wildman–Crippen MR) is 140 cm³/mol. The maximum atomic E-state index is 13.1. The van der Waals surface area contributed by atoms with Crippen molar-refractivity contribution in [3.8, 4) is 5.75 Å². The summed E-state index contributed by atoms with van der Waals surface area (Å²) in [6, 6.07) is 19.5. The number of nitro groups is 1. The molecule has 0 aromatic heterocycles. The van der Waals surface area contributed by atoms with E-state index in [1.807, 2.05) is 18.2 Å². The van der Waals surface area contributed by atoms with Crippen LogP contribution in [0.1, 0.15) is 11.1 Å². The number of para-hydroxylation sites is 1. The first-order valence-electron chi connectivity index (χ1n) is 10.7. The fraction of sp³-hybridized carbons (Fsp3) is 0.217. The van der Waals surface area contributed by atoms with Gasteiger partial charge in [0.1, 0.15) is 17.7 Å². The number of nitro benzene ring substituents is 1. The molecule has 1 atom stereocenters. The molecule has 0 radical (unpaired) electrons. The molecule has 198 valence electrons. The van der Waals surface area contributed by atoms with Gasteiger partial charge in [-0.2, -0.15) is 3.71 Å². The molecule has 0 bridgehead atoms. The Balaban J connectivity index is 0.000000396. The molecule has 3 aromatic carbocycles. The third-order valence-corrected chi connectivity index (χ3v) is 10.2. The fourth-order valence-corrected chi connectivity index (χ4v) is 7.85. The number of sulfonamides is 2. The molecule has 0 saturated heterocycles. The summed E-state index contributed by atoms with van der Waals surface area (Å²) in [7, 11) is -12.4. The lowest BCUT2D eigenvalue weighted by Crippen LogP contribution is -2.35. The SMILES string of the molecule is CP(=O)(OCc1ccccc1)c1cc(N(S(C)(=O)=O)S(C)(=O)=O)ccc1[N+](=O)[O-].c1ccc2c(c1)CO2. The van der Waals surface area contributed by atoms with Gasteiger partial charge < -0.3 is 9.26 Å². The average Bonchev–Trinajstić information content (AvgIpc) is 2.78. The van der Waals surface area contributed by atoms with Crippen molar-refractivity contribution < 1.29 is 35.6 Å². The number of fused-ring (bicyclic) bond motifs is 1. The standard InChI is InChI=1S/C16H19N2O8PS2.C7H6O/c1-27(21,26-12-13-7-5-4-6-8-13)16-11-14(9-10-15(16)17(19)20)18(28(2,22)23)29(3,24)25;1-2-4-7-6(3-1)5-8-7/h4-11H,12H2,1-3H3;1-4H,5H2. The molecule has 4 rings (SSSR count). The minimum Gasteiger partial charge on any atom is -0.488 e. The molecule has 0 aliphatic carbocycles. The number of anilines is 1. The quantitative estimate of drug-likeness (QED) is 0.225. The van der Waals surface area contributed by atoms with Crippen LogP contribution in [0.25, 0.3) is 0 Å². The first kappa shape index (κ1) is 28.3. The molecule has 0 saturated carbocycles. The molecule has 11 nitrogen and oxygen atoms in total. The number of nitrogens with zero attached hydrogens (tertiary/aromatic N) is 2. The number of benzene rings is 3. The van der Waals surface area contributed by atoms with Crippen molar-refractivity contribution in [3.05, 3.63) is 94.0 Å². The average molecular weight is 569 g/mol. The largest absolute Gasteiger partial charge is 0.488 e. The third-order valence-electron chi connectivity index (χ3n) is 5.08. The van der Waals surface area contributed by atoms with Crippen LogP contribution < -0.4 is 13.8 Å². The van der Waals surface area contributed by atoms with E-state index in [9.17, 15) is 31.5 Å². The molecule has 14 heteroatoms. The summed E-state index contributed by atoms with van der Waals surface area (Å²) in [5.74, 6) is 1.05. The summed E-state index contributed by atoms with van der Waals surface area (Å²) in [6.07, 6.45) is 1.35. The molecule has 1 unspecified atom stereocenters. The van der Waals surface area contributed by atoms with Crippen LogP contribution in [0.2, 0.25) is 0 Å². The summed E-state index contributed by atoms with van der Waals surface area (Å²) < 4.78 is 71.7. The zero-order chi connectivity index (χ0) is 27.4. The lowest BCUT2D eigenvalue weighted by atomic mass is 10.1. The smallest absolute Gasteiger partial charge is 0.282 e. The lowest BCUT2D eigenvalue weighted by molar-refractivity contribution is -0.383. The number of hydrogen-bond donors (Lipinski definition) is 0. The van der Waals surface area contributed by atoms with E-state index in [4.69, 9.17) is 9.26 Å². The summed E-state index contributed by atoms with van der Waals surface area (Å²) in [5, 5.41) is 11.0. The van der Waals surface area contributed by atoms with Crippen LogP contribution in [0.4, 0.5) is 11.4 Å². The molecule has 0 amide bonds. The van der Waals surface area contributed by atoms with Crippen molar-refractivity contribution in [2.24, 2.45) is 0 Å². The van der Waals surface area contributed by atoms with Crippen molar-refractivity contribution >= 4 is 44.1 Å². The fourth-order valence-electron chi connectivity index (χ4n) is 3.41. The monoisotopic (exact) mass is 568 g/mol. The van der Waals surface area contributed by atoms with Crippen molar-refractivity contribution in [1.29, 1.82) is 0 Å². The lowest BCUT2D eigenvalue weighted by Gasteiger charge is -2.21. The van der Waals surface area contributed by atoms with E-state index in [0.29, 0.717) is 18.1 Å². The second kappa shape index (κ2) is 11.0. The van der Waals surface area contributed by atoms with E-state index in [0.717, 1.165) is 37.2 Å². The Morgan fingerprint density at radius 2 is 1.57 bits per heavy atom. The first-order chi connectivity index (χ1) is 17.2. The molecule has 0 spiro atoms. The molecule has 1 aliphatic rings. The van der Waals surface area contributed by atoms with Crippen molar-refractivity contribution in [1.82, 2.24) is 0 Å². The number of hydrogen-bond acceptors (Lipinski definition) is 9. The first-order valence-corrected chi connectivity index (χ1v) is 16.4. The van der Waals surface area contributed by atoms with Crippen LogP contribution in [0, 0.1) is 10.1 Å². The minimum atomic E-state index is -4.28. The normalized spacial score (nSPS) is 14.0. The van der Waals surface area contributed by atoms with Gasteiger partial charge in [0.2, 0.25) is 27.4 Å². The highest BCUT2D eigenvalue weighted by molar-refractivity contribution is 8.09. The second-order valence-electron chi connectivity index (χ2n) is 8.15. The Bertz CT molecular complexity index is 1510. The van der Waals surface area contributed by atoms with E-state index in [2.05, 4.69) is 6.07 Å². The zero-order valence-electron chi connectivity index (χ0n) is 20.2. The summed E-state index contributed by atoms with van der Waals surface area (Å²) in [6.45, 7) is 1.83. The Morgan fingerprint density at radius 1 is 0.973 bits per heavy atom. The second-order valence-corrected chi connectivity index (χ2v) is 14.5. The molecule has 3 aromatic rings. The molecule has 37 heavy (non-hydrogen) atoms. The van der Waals surface area contributed by atoms with Crippen LogP contribution >= 0.6 is 7.37 Å². The van der Waals surface area contributed by atoms with Gasteiger partial charge in [-0.25, -0.2) is 16.8 Å². The summed E-state index contributed by atoms with van der Waals surface area (Å²) in [5.41, 5.74) is 1.02. The third kappa shape index (κ3) is 7.16. The number of rotatable bonds is 8. The Kier molecular flexibility index (Phi) is 8.43. The van der Waals surface area contributed by atoms with Gasteiger partial charge >= 0.3 is 0 Å². The Labute approximate surface area is 215 Å². The highest BCUT2D eigenvalue weighted by atomic mass is 32.3. The summed E-state index contributed by atoms with van der Waals surface area (Å²) >= 11 is 0. The minimum absolute atomic E-state index is 0.113. The van der Waals surface area contributed by atoms with Crippen LogP contribution in [-0.2, 0) is 42.3 Å². The molecular weight excluding hydrogens is 543 g/mol. The van der Waals surface area contributed by atoms with E-state index >= 15 is 0 Å². The summed E-state index contributed by atoms with van der Waals surface area (Å²) in [4.78, 5) is 10.6. The van der Waals surface area contributed by atoms with Crippen molar-refractivity contribution in [2.45, 2.75) is 13.2 Å². The zero-order valence-corrected chi connectivity index (χ0v) is 22.7. The van der Waals surface area contributed by atoms with Gasteiger partial charge in [-0.3, -0.25) is 14.7 Å². The molecule has 0 fully saturated rings. The highest BCUT2D eigenvalue weighted by Gasteiger charge is 2.34. The van der Waals surface area contributed by atoms with Gasteiger partial charge in [0, 0.05) is 18.3 Å². The van der Waals surface area contributed by atoms with E-state index < -0.39 is 49.0 Å². The van der Waals surface area contributed by atoms with Gasteiger partial charge in [-0.05, 0) is 23.8 Å². The Morgan fingerprint density at radius 3 is 2.03 bits per heavy atom. The van der Waals surface area contributed by atoms with Crippen LogP contribution in [-0.4, -0.2) is 40.9 Å².